The van der Waals surface area contributed by atoms with Gasteiger partial charge in [-0.05, 0) is 36.1 Å². The molecule has 0 aliphatic rings. The molecule has 0 saturated heterocycles. The molecule has 0 aliphatic heterocycles. The van der Waals surface area contributed by atoms with Gasteiger partial charge in [-0.25, -0.2) is 4.68 Å². The number of hydrogen-bond donors (Lipinski definition) is 0. The molecule has 5 heteroatoms. The number of halogens is 1. The molecule has 0 saturated carbocycles. The van der Waals surface area contributed by atoms with E-state index in [2.05, 4.69) is 59.1 Å². The van der Waals surface area contributed by atoms with Crippen molar-refractivity contribution in [3.8, 4) is 5.75 Å². The maximum atomic E-state index is 5.80. The molecule has 2 rings (SSSR count). The lowest BCUT2D eigenvalue weighted by atomic mass is 9.98. The fraction of sp³-hybridized carbons (Fsp3) is 0.500. The molecule has 0 fully saturated rings. The Bertz CT molecular complexity index is 581. The van der Waals surface area contributed by atoms with E-state index in [9.17, 15) is 0 Å². The molecule has 1 aromatic carbocycles. The minimum atomic E-state index is 0.544. The van der Waals surface area contributed by atoms with Crippen molar-refractivity contribution in [1.29, 1.82) is 0 Å². The average molecular weight is 352 g/mol. The van der Waals surface area contributed by atoms with Crippen LogP contribution >= 0.6 is 15.9 Å². The summed E-state index contributed by atoms with van der Waals surface area (Å²) in [6, 6.07) is 6.30. The summed E-state index contributed by atoms with van der Waals surface area (Å²) in [4.78, 5) is 0. The summed E-state index contributed by atoms with van der Waals surface area (Å²) in [6.45, 7) is 7.85. The van der Waals surface area contributed by atoms with Crippen LogP contribution in [0.5, 0.6) is 5.75 Å². The summed E-state index contributed by atoms with van der Waals surface area (Å²) in [5.41, 5.74) is 3.66. The van der Waals surface area contributed by atoms with Gasteiger partial charge in [0.05, 0.1) is 12.2 Å². The van der Waals surface area contributed by atoms with Crippen molar-refractivity contribution >= 4 is 15.9 Å². The van der Waals surface area contributed by atoms with Crippen LogP contribution in [0.2, 0.25) is 0 Å². The second kappa shape index (κ2) is 7.59. The lowest BCUT2D eigenvalue weighted by Gasteiger charge is -2.12. The van der Waals surface area contributed by atoms with Crippen LogP contribution in [0.1, 0.15) is 36.6 Å². The highest BCUT2D eigenvalue weighted by molar-refractivity contribution is 9.09. The molecule has 2 aromatic rings. The van der Waals surface area contributed by atoms with Crippen LogP contribution in [0, 0.1) is 6.92 Å². The normalized spacial score (nSPS) is 11.1. The van der Waals surface area contributed by atoms with Gasteiger partial charge in [0.25, 0.3) is 0 Å². The molecule has 0 N–H and O–H groups in total. The SMILES string of the molecule is Cc1cc(OCCn2cc(CCBr)nn2)ccc1C(C)C. The fourth-order valence-corrected chi connectivity index (χ4v) is 2.71. The van der Waals surface area contributed by atoms with Gasteiger partial charge in [0.15, 0.2) is 0 Å². The zero-order valence-electron chi connectivity index (χ0n) is 12.8. The lowest BCUT2D eigenvalue weighted by molar-refractivity contribution is 0.289. The third-order valence-electron chi connectivity index (χ3n) is 3.39. The Morgan fingerprint density at radius 1 is 1.33 bits per heavy atom. The minimum absolute atomic E-state index is 0.544. The summed E-state index contributed by atoms with van der Waals surface area (Å²) in [7, 11) is 0. The van der Waals surface area contributed by atoms with Crippen molar-refractivity contribution in [2.24, 2.45) is 0 Å². The topological polar surface area (TPSA) is 39.9 Å². The summed E-state index contributed by atoms with van der Waals surface area (Å²) in [6.07, 6.45) is 2.87. The Morgan fingerprint density at radius 3 is 2.81 bits per heavy atom. The molecule has 0 spiro atoms. The number of rotatable bonds is 7. The summed E-state index contributed by atoms with van der Waals surface area (Å²) in [5.74, 6) is 1.46. The average Bonchev–Trinajstić information content (AvgIpc) is 2.86. The van der Waals surface area contributed by atoms with Crippen molar-refractivity contribution in [3.63, 3.8) is 0 Å². The number of hydrogen-bond acceptors (Lipinski definition) is 3. The molecule has 0 bridgehead atoms. The molecule has 0 amide bonds. The molecule has 114 valence electrons. The highest BCUT2D eigenvalue weighted by atomic mass is 79.9. The molecule has 0 aliphatic carbocycles. The van der Waals surface area contributed by atoms with Gasteiger partial charge in [0.1, 0.15) is 12.4 Å². The van der Waals surface area contributed by atoms with E-state index in [4.69, 9.17) is 4.74 Å². The number of aromatic nitrogens is 3. The van der Waals surface area contributed by atoms with Crippen LogP contribution in [0.4, 0.5) is 0 Å². The van der Waals surface area contributed by atoms with E-state index >= 15 is 0 Å². The maximum Gasteiger partial charge on any atom is 0.119 e. The van der Waals surface area contributed by atoms with Crippen LogP contribution in [0.15, 0.2) is 24.4 Å². The Kier molecular flexibility index (Phi) is 5.79. The van der Waals surface area contributed by atoms with Gasteiger partial charge in [0, 0.05) is 17.9 Å². The first-order valence-corrected chi connectivity index (χ1v) is 8.40. The number of alkyl halides is 1. The van der Waals surface area contributed by atoms with E-state index in [1.807, 2.05) is 16.9 Å². The molecule has 1 heterocycles. The quantitative estimate of drug-likeness (QED) is 0.713. The predicted octanol–water partition coefficient (Wildman–Crippen LogP) is 3.73. The number of benzene rings is 1. The lowest BCUT2D eigenvalue weighted by Crippen LogP contribution is -2.09. The van der Waals surface area contributed by atoms with Gasteiger partial charge >= 0.3 is 0 Å². The second-order valence-corrected chi connectivity index (χ2v) is 6.23. The largest absolute Gasteiger partial charge is 0.492 e. The van der Waals surface area contributed by atoms with E-state index in [1.54, 1.807) is 0 Å². The smallest absolute Gasteiger partial charge is 0.119 e. The molecular formula is C16H22BrN3O. The van der Waals surface area contributed by atoms with Gasteiger partial charge in [-0.1, -0.05) is 41.1 Å². The third kappa shape index (κ3) is 4.56. The molecule has 4 nitrogen and oxygen atoms in total. The van der Waals surface area contributed by atoms with E-state index in [0.717, 1.165) is 23.2 Å². The summed E-state index contributed by atoms with van der Waals surface area (Å²) >= 11 is 3.40. The summed E-state index contributed by atoms with van der Waals surface area (Å²) in [5, 5.41) is 9.10. The number of nitrogens with zero attached hydrogens (tertiary/aromatic N) is 3. The Balaban J connectivity index is 1.86. The van der Waals surface area contributed by atoms with E-state index in [1.165, 1.54) is 11.1 Å². The van der Waals surface area contributed by atoms with Crippen LogP contribution in [0.3, 0.4) is 0 Å². The van der Waals surface area contributed by atoms with Crippen LogP contribution in [-0.4, -0.2) is 26.9 Å². The zero-order valence-corrected chi connectivity index (χ0v) is 14.4. The minimum Gasteiger partial charge on any atom is -0.492 e. The fourth-order valence-electron chi connectivity index (χ4n) is 2.30. The van der Waals surface area contributed by atoms with Crippen LogP contribution in [-0.2, 0) is 13.0 Å². The third-order valence-corrected chi connectivity index (χ3v) is 3.79. The first kappa shape index (κ1) is 16.0. The monoisotopic (exact) mass is 351 g/mol. The maximum absolute atomic E-state index is 5.80. The highest BCUT2D eigenvalue weighted by Gasteiger charge is 2.05. The summed E-state index contributed by atoms with van der Waals surface area (Å²) < 4.78 is 7.62. The van der Waals surface area contributed by atoms with Crippen LogP contribution < -0.4 is 4.74 Å². The van der Waals surface area contributed by atoms with Gasteiger partial charge in [0.2, 0.25) is 0 Å². The first-order chi connectivity index (χ1) is 10.1. The molecule has 21 heavy (non-hydrogen) atoms. The van der Waals surface area contributed by atoms with Gasteiger partial charge < -0.3 is 4.74 Å². The zero-order chi connectivity index (χ0) is 15.2. The second-order valence-electron chi connectivity index (χ2n) is 5.43. The van der Waals surface area contributed by atoms with Gasteiger partial charge in [-0.3, -0.25) is 0 Å². The first-order valence-electron chi connectivity index (χ1n) is 7.28. The Hall–Kier alpha value is -1.36. The van der Waals surface area contributed by atoms with Gasteiger partial charge in [-0.15, -0.1) is 5.10 Å². The molecule has 0 unspecified atom stereocenters. The molecule has 0 radical (unpaired) electrons. The Morgan fingerprint density at radius 2 is 2.14 bits per heavy atom. The standard InChI is InChI=1S/C16H22BrN3O/c1-12(2)16-5-4-15(10-13(16)3)21-9-8-20-11-14(6-7-17)18-19-20/h4-5,10-12H,6-9H2,1-3H3. The van der Waals surface area contributed by atoms with Crippen molar-refractivity contribution in [2.75, 3.05) is 11.9 Å². The van der Waals surface area contributed by atoms with Crippen molar-refractivity contribution < 1.29 is 4.74 Å². The number of ether oxygens (including phenoxy) is 1. The van der Waals surface area contributed by atoms with Crippen LogP contribution in [0.25, 0.3) is 0 Å². The molecule has 0 atom stereocenters. The highest BCUT2D eigenvalue weighted by Crippen LogP contribution is 2.23. The predicted molar refractivity (Wildman–Crippen MR) is 88.3 cm³/mol. The van der Waals surface area contributed by atoms with Gasteiger partial charge in [-0.2, -0.15) is 0 Å². The van der Waals surface area contributed by atoms with E-state index in [-0.39, 0.29) is 0 Å². The Labute approximate surface area is 134 Å². The van der Waals surface area contributed by atoms with Crippen molar-refractivity contribution in [1.82, 2.24) is 15.0 Å². The molecular weight excluding hydrogens is 330 g/mol. The van der Waals surface area contributed by atoms with E-state index in [0.29, 0.717) is 19.1 Å². The number of aryl methyl sites for hydroxylation is 2. The van der Waals surface area contributed by atoms with Crippen molar-refractivity contribution in [2.45, 2.75) is 39.7 Å². The van der Waals surface area contributed by atoms with E-state index < -0.39 is 0 Å². The van der Waals surface area contributed by atoms with Crippen molar-refractivity contribution in [3.05, 3.63) is 41.2 Å². The molecule has 1 aromatic heterocycles.